The predicted octanol–water partition coefficient (Wildman–Crippen LogP) is 7.61. The number of benzene rings is 2. The number of nitrogens with one attached hydrogen (secondary N) is 2. The van der Waals surface area contributed by atoms with Gasteiger partial charge in [0.1, 0.15) is 47.3 Å². The molecule has 1 fully saturated rings. The van der Waals surface area contributed by atoms with Gasteiger partial charge in [-0.15, -0.1) is 0 Å². The third kappa shape index (κ3) is 22.8. The third-order valence-corrected chi connectivity index (χ3v) is 19.9. The molecule has 26 heteroatoms. The SMILES string of the molecule is CC[C@@H]1CC(=O)[C@H]([C@H](O)[C@H](C)Cc2nc3ccc(C(=O)Oc4ccccc4C(=O)O)cc3[nH]2)N(C)C(=O)[C@H](C(C)C)N(C)C(=O)[C@H](CC(C)C)N(C)C(=O)[C@H](CC(C)C)N(C)C(=O)[C@@H](C)NC(=O)[C@H](C)CC(=O)[C@H](CC(C)C)N(C)C(=O)[C@H](C(C)C)CC(=O)[C@H](CC(C)C)N(C)C(=O)CN(C)C1=O. The maximum Gasteiger partial charge on any atom is 0.343 e. The first kappa shape index (κ1) is 87.0. The van der Waals surface area contributed by atoms with Crippen molar-refractivity contribution < 1.29 is 77.3 Å². The number of carbonyl (C=O) groups is 13. The standard InChI is InChI=1S/C77H118N10O16/c1-24-50-38-62(90)67(68(92)47(14)36-64-79-54-30-29-51(37-55(54)80-64)77(102)103-63-28-26-25-27-52(63)76(100)101)87(23)75(99)66(46(12)13)86(22)74(98)59(34-44(8)9)85(21)73(97)58(33-43(6)7)84(20)70(94)49(16)78-69(93)48(15)35-60(88)57(32-42(4)5)83(19)72(96)53(45(10)11)39-61(89)56(31-41(2)3)82(18)65(91)40-81(17)71(50)95/h25-30,37,41-50,53,56-59,66-68,92H,24,31-36,38-40H2,1-23H3,(H,78,93)(H,79,80)(H,100,101)/t47-,48-,49-,50-,53+,56+,57+,58+,59+,66+,67-,68-/m1/s1. The van der Waals surface area contributed by atoms with Crippen molar-refractivity contribution in [2.24, 2.45) is 59.2 Å². The number of hydrogen-bond donors (Lipinski definition) is 4. The Kier molecular flexibility index (Phi) is 32.4. The van der Waals surface area contributed by atoms with Crippen LogP contribution in [0.3, 0.4) is 0 Å². The highest BCUT2D eigenvalue weighted by Gasteiger charge is 2.46. The van der Waals surface area contributed by atoms with Crippen molar-refractivity contribution in [2.45, 2.75) is 217 Å². The van der Waals surface area contributed by atoms with Crippen molar-refractivity contribution in [3.05, 3.63) is 59.4 Å². The van der Waals surface area contributed by atoms with Crippen LogP contribution in [0, 0.1) is 59.2 Å². The number of carbonyl (C=O) groups excluding carboxylic acids is 12. The minimum Gasteiger partial charge on any atom is -0.478 e. The molecule has 8 amide bonds. The van der Waals surface area contributed by atoms with Crippen molar-refractivity contribution in [1.82, 2.24) is 49.6 Å². The van der Waals surface area contributed by atoms with Gasteiger partial charge in [-0.1, -0.05) is 116 Å². The Bertz CT molecular complexity index is 3530. The number of esters is 1. The lowest BCUT2D eigenvalue weighted by Gasteiger charge is -2.41. The molecule has 1 aliphatic rings. The van der Waals surface area contributed by atoms with Crippen LogP contribution in [0.5, 0.6) is 5.75 Å². The number of ketones is 3. The number of fused-ring (bicyclic) bond motifs is 1. The molecule has 103 heavy (non-hydrogen) atoms. The van der Waals surface area contributed by atoms with Crippen molar-refractivity contribution in [1.29, 1.82) is 0 Å². The van der Waals surface area contributed by atoms with Crippen LogP contribution < -0.4 is 10.1 Å². The number of H-pyrrole nitrogens is 1. The first-order valence-electron chi connectivity index (χ1n) is 36.3. The summed E-state index contributed by atoms with van der Waals surface area (Å²) < 4.78 is 5.48. The van der Waals surface area contributed by atoms with E-state index in [1.165, 1.54) is 124 Å². The number of aromatic nitrogens is 2. The molecule has 1 saturated heterocycles. The van der Waals surface area contributed by atoms with E-state index in [1.807, 2.05) is 55.4 Å². The van der Waals surface area contributed by atoms with Crippen molar-refractivity contribution in [2.75, 3.05) is 55.9 Å². The lowest BCUT2D eigenvalue weighted by molar-refractivity contribution is -0.157. The van der Waals surface area contributed by atoms with Crippen LogP contribution in [0.4, 0.5) is 0 Å². The molecule has 26 nitrogen and oxygen atoms in total. The number of aliphatic hydroxyl groups is 1. The molecule has 2 aromatic carbocycles. The number of likely N-dealkylation sites (N-methyl/N-ethyl adjacent to an activating group) is 7. The number of aliphatic hydroxyl groups excluding tert-OH is 1. The summed E-state index contributed by atoms with van der Waals surface area (Å²) >= 11 is 0. The van der Waals surface area contributed by atoms with Crippen LogP contribution >= 0.6 is 0 Å². The summed E-state index contributed by atoms with van der Waals surface area (Å²) in [5.74, 6) is -14.3. The predicted molar refractivity (Wildman–Crippen MR) is 391 cm³/mol. The number of carboxylic acid groups (broad SMARTS) is 1. The number of amides is 8. The number of carboxylic acids is 1. The van der Waals surface area contributed by atoms with Gasteiger partial charge in [-0.05, 0) is 111 Å². The fourth-order valence-corrected chi connectivity index (χ4v) is 13.6. The minimum absolute atomic E-state index is 0.0527. The van der Waals surface area contributed by atoms with E-state index in [0.29, 0.717) is 16.9 Å². The molecule has 4 rings (SSSR count). The van der Waals surface area contributed by atoms with Gasteiger partial charge in [-0.2, -0.15) is 0 Å². The van der Waals surface area contributed by atoms with Crippen molar-refractivity contribution >= 4 is 87.6 Å². The van der Waals surface area contributed by atoms with E-state index < -0.39 is 173 Å². The van der Waals surface area contributed by atoms with Gasteiger partial charge in [-0.3, -0.25) is 52.7 Å². The highest BCUT2D eigenvalue weighted by Crippen LogP contribution is 2.31. The van der Waals surface area contributed by atoms with Crippen LogP contribution in [0.1, 0.15) is 189 Å². The van der Waals surface area contributed by atoms with Gasteiger partial charge in [0.2, 0.25) is 47.3 Å². The molecular weight excluding hydrogens is 1320 g/mol. The first-order chi connectivity index (χ1) is 47.9. The number of hydrogen-bond acceptors (Lipinski definition) is 16. The number of imidazole rings is 1. The summed E-state index contributed by atoms with van der Waals surface area (Å²) in [5.41, 5.74) is 0.601. The second kappa shape index (κ2) is 38.4. The zero-order valence-corrected chi connectivity index (χ0v) is 65.2. The molecule has 572 valence electrons. The molecule has 2 heterocycles. The maximum atomic E-state index is 15.6. The molecule has 1 aromatic heterocycles. The van der Waals surface area contributed by atoms with E-state index in [-0.39, 0.29) is 91.9 Å². The molecule has 0 unspecified atom stereocenters. The average Bonchev–Trinajstić information content (AvgIpc) is 1.67. The number of ether oxygens (including phenoxy) is 1. The number of aromatic carboxylic acids is 1. The van der Waals surface area contributed by atoms with Crippen LogP contribution in [-0.4, -0.2) is 235 Å². The molecule has 12 atom stereocenters. The van der Waals surface area contributed by atoms with Crippen molar-refractivity contribution in [3.8, 4) is 5.75 Å². The van der Waals surface area contributed by atoms with Gasteiger partial charge >= 0.3 is 11.9 Å². The highest BCUT2D eigenvalue weighted by molar-refractivity contribution is 6.01. The number of Topliss-reactive ketones (excluding diaryl/α,β-unsaturated/α-hetero) is 3. The summed E-state index contributed by atoms with van der Waals surface area (Å²) in [6, 6.07) is 1.41. The second-order valence-corrected chi connectivity index (χ2v) is 31.0. The molecule has 1 aliphatic heterocycles. The van der Waals surface area contributed by atoms with Gasteiger partial charge in [0, 0.05) is 92.8 Å². The zero-order valence-electron chi connectivity index (χ0n) is 65.2. The van der Waals surface area contributed by atoms with E-state index >= 15 is 19.2 Å². The van der Waals surface area contributed by atoms with E-state index in [0.717, 1.165) is 9.80 Å². The number of rotatable bonds is 18. The number of para-hydroxylation sites is 1. The Labute approximate surface area is 609 Å². The van der Waals surface area contributed by atoms with Gasteiger partial charge < -0.3 is 59.6 Å². The van der Waals surface area contributed by atoms with E-state index in [9.17, 15) is 53.4 Å². The molecule has 0 aliphatic carbocycles. The Morgan fingerprint density at radius 1 is 0.563 bits per heavy atom. The maximum absolute atomic E-state index is 15.6. The lowest BCUT2D eigenvalue weighted by Crippen LogP contribution is -2.62. The summed E-state index contributed by atoms with van der Waals surface area (Å²) in [6.07, 6.45) is -2.21. The lowest BCUT2D eigenvalue weighted by atomic mass is 9.84. The topological polar surface area (TPSA) is 335 Å². The molecule has 0 spiro atoms. The normalized spacial score (nSPS) is 24.3. The van der Waals surface area contributed by atoms with Gasteiger partial charge in [0.05, 0.1) is 41.3 Å². The van der Waals surface area contributed by atoms with Gasteiger partial charge in [0.25, 0.3) is 0 Å². The summed E-state index contributed by atoms with van der Waals surface area (Å²) in [6.45, 7) is 27.7. The smallest absolute Gasteiger partial charge is 0.343 e. The van der Waals surface area contributed by atoms with E-state index in [2.05, 4.69) is 10.3 Å². The highest BCUT2D eigenvalue weighted by atomic mass is 16.5. The summed E-state index contributed by atoms with van der Waals surface area (Å²) in [4.78, 5) is 205. The average molecular weight is 1440 g/mol. The van der Waals surface area contributed by atoms with Crippen LogP contribution in [0.15, 0.2) is 42.5 Å². The Morgan fingerprint density at radius 3 is 1.58 bits per heavy atom. The third-order valence-electron chi connectivity index (χ3n) is 19.9. The molecular formula is C77H118N10O16. The molecule has 0 radical (unpaired) electrons. The Hall–Kier alpha value is -8.42. The van der Waals surface area contributed by atoms with E-state index in [4.69, 9.17) is 9.72 Å². The monoisotopic (exact) mass is 1440 g/mol. The van der Waals surface area contributed by atoms with E-state index in [1.54, 1.807) is 47.6 Å². The molecule has 0 bridgehead atoms. The molecule has 3 aromatic rings. The molecule has 0 saturated carbocycles. The minimum atomic E-state index is -1.70. The van der Waals surface area contributed by atoms with Crippen LogP contribution in [0.2, 0.25) is 0 Å². The number of nitrogens with zero attached hydrogens (tertiary/aromatic N) is 8. The summed E-state index contributed by atoms with van der Waals surface area (Å²) in [5, 5.41) is 25.2. The fourth-order valence-electron chi connectivity index (χ4n) is 13.6. The van der Waals surface area contributed by atoms with Gasteiger partial charge in [0.15, 0.2) is 17.3 Å². The van der Waals surface area contributed by atoms with Crippen LogP contribution in [-0.2, 0) is 59.2 Å². The Morgan fingerprint density at radius 2 is 1.06 bits per heavy atom. The van der Waals surface area contributed by atoms with Gasteiger partial charge in [-0.25, -0.2) is 14.6 Å². The Balaban J connectivity index is 1.91. The quantitative estimate of drug-likeness (QED) is 0.0703. The molecule has 4 N–H and O–H groups in total. The second-order valence-electron chi connectivity index (χ2n) is 31.0. The first-order valence-corrected chi connectivity index (χ1v) is 36.3. The number of aromatic amines is 1. The fraction of sp³-hybridized carbons (Fsp3) is 0.662. The zero-order chi connectivity index (χ0) is 78.3. The van der Waals surface area contributed by atoms with Crippen molar-refractivity contribution in [3.63, 3.8) is 0 Å². The summed E-state index contributed by atoms with van der Waals surface area (Å²) in [7, 11) is 9.98. The van der Waals surface area contributed by atoms with Crippen LogP contribution in [0.25, 0.3) is 11.0 Å². The largest absolute Gasteiger partial charge is 0.478 e.